The van der Waals surface area contributed by atoms with Crippen LogP contribution in [0.4, 0.5) is 5.82 Å². The molecule has 0 aliphatic rings. The summed E-state index contributed by atoms with van der Waals surface area (Å²) in [4.78, 5) is 19.0. The van der Waals surface area contributed by atoms with E-state index in [4.69, 9.17) is 0 Å². The van der Waals surface area contributed by atoms with Crippen molar-refractivity contribution < 1.29 is 0 Å². The van der Waals surface area contributed by atoms with Crippen molar-refractivity contribution in [3.8, 4) is 11.3 Å². The highest BCUT2D eigenvalue weighted by molar-refractivity contribution is 5.85. The van der Waals surface area contributed by atoms with Gasteiger partial charge in [-0.05, 0) is 17.3 Å². The fourth-order valence-corrected chi connectivity index (χ4v) is 2.49. The molecule has 0 aliphatic carbocycles. The van der Waals surface area contributed by atoms with Gasteiger partial charge in [0.1, 0.15) is 5.69 Å². The van der Waals surface area contributed by atoms with E-state index < -0.39 is 0 Å². The van der Waals surface area contributed by atoms with E-state index in [-0.39, 0.29) is 0 Å². The highest BCUT2D eigenvalue weighted by Crippen LogP contribution is 2.33. The van der Waals surface area contributed by atoms with Gasteiger partial charge in [-0.2, -0.15) is 0 Å². The maximum absolute atomic E-state index is 11.3. The Bertz CT molecular complexity index is 921. The Labute approximate surface area is 113 Å². The summed E-state index contributed by atoms with van der Waals surface area (Å²) in [6.45, 7) is 0. The molecule has 0 fully saturated rings. The Hall–Kier alpha value is -2.95. The molecular weight excluding hydrogens is 252 g/mol. The second-order valence-corrected chi connectivity index (χ2v) is 4.54. The van der Waals surface area contributed by atoms with Crippen LogP contribution in [0.15, 0.2) is 59.8 Å². The Morgan fingerprint density at radius 1 is 1.00 bits per heavy atom. The molecule has 0 bridgehead atoms. The van der Waals surface area contributed by atoms with Gasteiger partial charge < -0.3 is 4.98 Å². The molecule has 4 aromatic rings. The lowest BCUT2D eigenvalue weighted by Gasteiger charge is -1.97. The molecule has 96 valence electrons. The second kappa shape index (κ2) is 4.03. The Morgan fingerprint density at radius 3 is 2.55 bits per heavy atom. The van der Waals surface area contributed by atoms with Crippen molar-refractivity contribution in [3.63, 3.8) is 0 Å². The average Bonchev–Trinajstić information content (AvgIpc) is 3.03. The van der Waals surface area contributed by atoms with E-state index in [1.807, 2.05) is 54.6 Å². The van der Waals surface area contributed by atoms with Gasteiger partial charge in [-0.25, -0.2) is 4.98 Å². The zero-order valence-electron chi connectivity index (χ0n) is 10.4. The third kappa shape index (κ3) is 1.40. The molecule has 5 heteroatoms. The molecule has 0 atom stereocenters. The van der Waals surface area contributed by atoms with Gasteiger partial charge in [0.05, 0.1) is 11.0 Å². The van der Waals surface area contributed by atoms with Gasteiger partial charge in [0, 0.05) is 5.56 Å². The summed E-state index contributed by atoms with van der Waals surface area (Å²) < 4.78 is 1.75. The molecule has 0 spiro atoms. The quantitative estimate of drug-likeness (QED) is 0.557. The van der Waals surface area contributed by atoms with Crippen molar-refractivity contribution in [2.24, 2.45) is 5.18 Å². The monoisotopic (exact) mass is 262 g/mol. The predicted molar refractivity (Wildman–Crippen MR) is 77.9 cm³/mol. The summed E-state index contributed by atoms with van der Waals surface area (Å²) in [6, 6.07) is 17.3. The highest BCUT2D eigenvalue weighted by atomic mass is 16.3. The molecule has 0 saturated heterocycles. The Morgan fingerprint density at radius 2 is 1.75 bits per heavy atom. The first kappa shape index (κ1) is 10.9. The molecule has 0 aliphatic heterocycles. The number of nitrogens with one attached hydrogen (secondary N) is 1. The maximum atomic E-state index is 11.3. The van der Waals surface area contributed by atoms with Crippen molar-refractivity contribution in [1.82, 2.24) is 14.4 Å². The molecule has 2 heterocycles. The minimum atomic E-state index is 0.323. The lowest BCUT2D eigenvalue weighted by molar-refractivity contribution is 1.22. The maximum Gasteiger partial charge on any atom is 0.214 e. The highest BCUT2D eigenvalue weighted by Gasteiger charge is 2.18. The first-order valence-electron chi connectivity index (χ1n) is 6.26. The summed E-state index contributed by atoms with van der Waals surface area (Å²) in [6.07, 6.45) is 0. The number of nitrogens with zero attached hydrogens (tertiary/aromatic N) is 3. The van der Waals surface area contributed by atoms with Crippen LogP contribution in [0.3, 0.4) is 0 Å². The standard InChI is InChI=1S/C15H10N4O/c20-18-14-13(10-6-2-1-3-7-10)17-15-16-11-8-4-5-9-12(11)19(14)15/h1-9H,(H,16,17). The van der Waals surface area contributed by atoms with E-state index in [0.717, 1.165) is 16.6 Å². The number of aromatic amines is 1. The van der Waals surface area contributed by atoms with E-state index in [1.54, 1.807) is 4.40 Å². The lowest BCUT2D eigenvalue weighted by atomic mass is 10.1. The van der Waals surface area contributed by atoms with Crippen molar-refractivity contribution in [1.29, 1.82) is 0 Å². The Kier molecular flexibility index (Phi) is 2.20. The summed E-state index contributed by atoms with van der Waals surface area (Å²) in [5.74, 6) is 0.948. The summed E-state index contributed by atoms with van der Waals surface area (Å²) in [7, 11) is 0. The van der Waals surface area contributed by atoms with Gasteiger partial charge in [-0.1, -0.05) is 42.5 Å². The number of imidazole rings is 2. The lowest BCUT2D eigenvalue weighted by Crippen LogP contribution is -1.80. The van der Waals surface area contributed by atoms with Gasteiger partial charge in [0.25, 0.3) is 0 Å². The zero-order valence-corrected chi connectivity index (χ0v) is 10.4. The third-order valence-electron chi connectivity index (χ3n) is 3.38. The number of aromatic nitrogens is 3. The zero-order chi connectivity index (χ0) is 13.5. The van der Waals surface area contributed by atoms with Crippen LogP contribution in [0.1, 0.15) is 0 Å². The van der Waals surface area contributed by atoms with Crippen molar-refractivity contribution in [2.75, 3.05) is 0 Å². The third-order valence-corrected chi connectivity index (χ3v) is 3.38. The number of benzene rings is 2. The minimum absolute atomic E-state index is 0.323. The molecule has 0 saturated carbocycles. The van der Waals surface area contributed by atoms with Gasteiger partial charge >= 0.3 is 0 Å². The number of hydrogen-bond acceptors (Lipinski definition) is 3. The number of para-hydroxylation sites is 2. The second-order valence-electron chi connectivity index (χ2n) is 4.54. The van der Waals surface area contributed by atoms with Crippen LogP contribution in [0, 0.1) is 4.91 Å². The van der Waals surface area contributed by atoms with Gasteiger partial charge in [0.15, 0.2) is 0 Å². The van der Waals surface area contributed by atoms with Crippen LogP contribution >= 0.6 is 0 Å². The predicted octanol–water partition coefficient (Wildman–Crippen LogP) is 3.88. The van der Waals surface area contributed by atoms with Crippen LogP contribution in [0.5, 0.6) is 0 Å². The van der Waals surface area contributed by atoms with E-state index >= 15 is 0 Å². The van der Waals surface area contributed by atoms with Crippen molar-refractivity contribution in [3.05, 3.63) is 59.5 Å². The molecule has 2 aromatic heterocycles. The van der Waals surface area contributed by atoms with Crippen LogP contribution in [0.25, 0.3) is 28.1 Å². The van der Waals surface area contributed by atoms with Gasteiger partial charge in [-0.3, -0.25) is 4.40 Å². The van der Waals surface area contributed by atoms with Crippen LogP contribution in [0.2, 0.25) is 0 Å². The number of H-pyrrole nitrogens is 1. The van der Waals surface area contributed by atoms with Crippen LogP contribution in [-0.2, 0) is 0 Å². The summed E-state index contributed by atoms with van der Waals surface area (Å²) in [5.41, 5.74) is 3.30. The summed E-state index contributed by atoms with van der Waals surface area (Å²) in [5, 5.41) is 3.19. The van der Waals surface area contributed by atoms with E-state index in [2.05, 4.69) is 15.1 Å². The fraction of sp³-hybridized carbons (Fsp3) is 0. The minimum Gasteiger partial charge on any atom is -0.323 e. The first-order chi connectivity index (χ1) is 9.88. The smallest absolute Gasteiger partial charge is 0.214 e. The topological polar surface area (TPSA) is 62.5 Å². The normalized spacial score (nSPS) is 11.2. The number of nitroso groups, excluding NO2 is 1. The van der Waals surface area contributed by atoms with Gasteiger partial charge in [-0.15, -0.1) is 4.91 Å². The first-order valence-corrected chi connectivity index (χ1v) is 6.26. The Balaban J connectivity index is 2.11. The SMILES string of the molecule is O=Nc1c(-c2ccccc2)nc2[nH]c3ccccc3n12. The number of rotatable bonds is 2. The fourth-order valence-electron chi connectivity index (χ4n) is 2.49. The molecule has 5 nitrogen and oxygen atoms in total. The molecule has 0 amide bonds. The van der Waals surface area contributed by atoms with Gasteiger partial charge in [0.2, 0.25) is 11.6 Å². The molecular formula is C15H10N4O. The molecule has 0 radical (unpaired) electrons. The molecule has 2 aromatic carbocycles. The number of fused-ring (bicyclic) bond motifs is 3. The van der Waals surface area contributed by atoms with Crippen LogP contribution < -0.4 is 0 Å². The van der Waals surface area contributed by atoms with E-state index in [1.165, 1.54) is 0 Å². The van der Waals surface area contributed by atoms with Crippen molar-refractivity contribution in [2.45, 2.75) is 0 Å². The molecule has 0 unspecified atom stereocenters. The molecule has 1 N–H and O–H groups in total. The van der Waals surface area contributed by atoms with Crippen LogP contribution in [-0.4, -0.2) is 14.4 Å². The molecule has 4 rings (SSSR count). The molecule has 20 heavy (non-hydrogen) atoms. The average molecular weight is 262 g/mol. The van der Waals surface area contributed by atoms with Crippen molar-refractivity contribution >= 4 is 22.6 Å². The van der Waals surface area contributed by atoms with E-state index in [0.29, 0.717) is 17.3 Å². The number of hydrogen-bond donors (Lipinski definition) is 1. The summed E-state index contributed by atoms with van der Waals surface area (Å²) >= 11 is 0. The largest absolute Gasteiger partial charge is 0.323 e. The van der Waals surface area contributed by atoms with E-state index in [9.17, 15) is 4.91 Å².